The van der Waals surface area contributed by atoms with Crippen molar-refractivity contribution in [2.45, 2.75) is 25.0 Å². The number of rotatable bonds is 10. The van der Waals surface area contributed by atoms with E-state index in [0.29, 0.717) is 24.3 Å². The van der Waals surface area contributed by atoms with Gasteiger partial charge in [0.25, 0.3) is 0 Å². The molecule has 0 bridgehead atoms. The van der Waals surface area contributed by atoms with Crippen molar-refractivity contribution >= 4 is 27.2 Å². The van der Waals surface area contributed by atoms with Crippen molar-refractivity contribution in [3.63, 3.8) is 0 Å². The van der Waals surface area contributed by atoms with Crippen LogP contribution in [0.3, 0.4) is 0 Å². The van der Waals surface area contributed by atoms with E-state index in [-0.39, 0.29) is 10.7 Å². The average molecular weight is 330 g/mol. The van der Waals surface area contributed by atoms with Crippen LogP contribution in [0.15, 0.2) is 24.3 Å². The fraction of sp³-hybridized carbons (Fsp3) is 0.500. The molecule has 0 aliphatic heterocycles. The van der Waals surface area contributed by atoms with Crippen LogP contribution in [-0.4, -0.2) is 33.7 Å². The molecule has 5 nitrogen and oxygen atoms in total. The predicted octanol–water partition coefficient (Wildman–Crippen LogP) is 1.56. The van der Waals surface area contributed by atoms with Gasteiger partial charge in [-0.05, 0) is 30.9 Å². The maximum atomic E-state index is 12.0. The summed E-state index contributed by atoms with van der Waals surface area (Å²) in [6.07, 6.45) is 2.68. The Bertz CT molecular complexity index is 559. The van der Waals surface area contributed by atoms with Gasteiger partial charge in [0.15, 0.2) is 0 Å². The van der Waals surface area contributed by atoms with Gasteiger partial charge >= 0.3 is 0 Å². The minimum atomic E-state index is -3.34. The zero-order valence-electron chi connectivity index (χ0n) is 12.2. The maximum Gasteiger partial charge on any atom is 0.215 e. The summed E-state index contributed by atoms with van der Waals surface area (Å²) in [6, 6.07) is 6.98. The van der Waals surface area contributed by atoms with Crippen LogP contribution < -0.4 is 10.5 Å². The van der Waals surface area contributed by atoms with E-state index in [1.54, 1.807) is 31.4 Å². The highest BCUT2D eigenvalue weighted by Crippen LogP contribution is 2.09. The van der Waals surface area contributed by atoms with Crippen LogP contribution in [0.4, 0.5) is 0 Å². The summed E-state index contributed by atoms with van der Waals surface area (Å²) < 4.78 is 31.5. The molecule has 0 aliphatic rings. The molecule has 0 atom stereocenters. The van der Waals surface area contributed by atoms with E-state index < -0.39 is 10.0 Å². The van der Waals surface area contributed by atoms with Gasteiger partial charge in [-0.3, -0.25) is 0 Å². The molecule has 1 aromatic rings. The van der Waals surface area contributed by atoms with Gasteiger partial charge in [-0.2, -0.15) is 0 Å². The smallest absolute Gasteiger partial charge is 0.215 e. The third-order valence-corrected chi connectivity index (χ3v) is 4.51. The molecule has 0 unspecified atom stereocenters. The second-order valence-electron chi connectivity index (χ2n) is 4.77. The lowest BCUT2D eigenvalue weighted by Gasteiger charge is -2.08. The first kappa shape index (κ1) is 18.0. The fourth-order valence-electron chi connectivity index (χ4n) is 1.86. The van der Waals surface area contributed by atoms with Gasteiger partial charge in [0.1, 0.15) is 4.99 Å². The van der Waals surface area contributed by atoms with Gasteiger partial charge in [-0.15, -0.1) is 0 Å². The third-order valence-electron chi connectivity index (χ3n) is 2.92. The largest absolute Gasteiger partial charge is 0.389 e. The number of methoxy groups -OCH3 is 1. The molecule has 7 heteroatoms. The lowest BCUT2D eigenvalue weighted by Crippen LogP contribution is -2.26. The Kier molecular flexibility index (Phi) is 7.81. The Morgan fingerprint density at radius 1 is 1.33 bits per heavy atom. The second-order valence-corrected chi connectivity index (χ2v) is 7.02. The van der Waals surface area contributed by atoms with Crippen molar-refractivity contribution in [2.24, 2.45) is 5.73 Å². The van der Waals surface area contributed by atoms with E-state index in [1.807, 2.05) is 0 Å². The SMILES string of the molecule is COCCCCCNS(=O)(=O)Cc1cccc(C(N)=S)c1. The Morgan fingerprint density at radius 2 is 2.10 bits per heavy atom. The summed E-state index contributed by atoms with van der Waals surface area (Å²) >= 11 is 4.89. The van der Waals surface area contributed by atoms with Gasteiger partial charge < -0.3 is 10.5 Å². The molecule has 0 spiro atoms. The summed E-state index contributed by atoms with van der Waals surface area (Å²) in [5.74, 6) is -0.0679. The van der Waals surface area contributed by atoms with E-state index in [1.165, 1.54) is 0 Å². The van der Waals surface area contributed by atoms with E-state index in [0.717, 1.165) is 19.3 Å². The molecule has 1 aromatic carbocycles. The number of ether oxygens (including phenoxy) is 1. The molecular formula is C14H22N2O3S2. The first-order valence-corrected chi connectivity index (χ1v) is 8.85. The van der Waals surface area contributed by atoms with Crippen LogP contribution in [0.5, 0.6) is 0 Å². The summed E-state index contributed by atoms with van der Waals surface area (Å²) in [6.45, 7) is 1.15. The summed E-state index contributed by atoms with van der Waals surface area (Å²) in [7, 11) is -1.68. The molecule has 0 radical (unpaired) electrons. The van der Waals surface area contributed by atoms with Gasteiger partial charge in [0.05, 0.1) is 5.75 Å². The summed E-state index contributed by atoms with van der Waals surface area (Å²) in [5.41, 5.74) is 6.89. The summed E-state index contributed by atoms with van der Waals surface area (Å²) in [4.78, 5) is 0.264. The molecule has 0 fully saturated rings. The molecule has 0 aliphatic carbocycles. The number of unbranched alkanes of at least 4 members (excludes halogenated alkanes) is 2. The lowest BCUT2D eigenvalue weighted by molar-refractivity contribution is 0.192. The van der Waals surface area contributed by atoms with Crippen molar-refractivity contribution in [3.05, 3.63) is 35.4 Å². The Labute approximate surface area is 131 Å². The van der Waals surface area contributed by atoms with Crippen molar-refractivity contribution in [1.82, 2.24) is 4.72 Å². The molecule has 0 saturated heterocycles. The van der Waals surface area contributed by atoms with Crippen molar-refractivity contribution in [2.75, 3.05) is 20.3 Å². The van der Waals surface area contributed by atoms with Crippen molar-refractivity contribution < 1.29 is 13.2 Å². The number of hydrogen-bond donors (Lipinski definition) is 2. The quantitative estimate of drug-likeness (QED) is 0.502. The number of nitrogens with two attached hydrogens (primary N) is 1. The van der Waals surface area contributed by atoms with Crippen molar-refractivity contribution in [1.29, 1.82) is 0 Å². The van der Waals surface area contributed by atoms with Gasteiger partial charge in [0.2, 0.25) is 10.0 Å². The van der Waals surface area contributed by atoms with Crippen LogP contribution in [0, 0.1) is 0 Å². The Balaban J connectivity index is 2.45. The third kappa shape index (κ3) is 7.52. The van der Waals surface area contributed by atoms with E-state index >= 15 is 0 Å². The van der Waals surface area contributed by atoms with Crippen LogP contribution in [0.1, 0.15) is 30.4 Å². The Morgan fingerprint density at radius 3 is 2.76 bits per heavy atom. The number of nitrogens with one attached hydrogen (secondary N) is 1. The predicted molar refractivity (Wildman–Crippen MR) is 88.7 cm³/mol. The normalized spacial score (nSPS) is 11.5. The van der Waals surface area contributed by atoms with Crippen LogP contribution >= 0.6 is 12.2 Å². The molecule has 118 valence electrons. The standard InChI is InChI=1S/C14H22N2O3S2/c1-19-9-4-2-3-8-16-21(17,18)11-12-6-5-7-13(10-12)14(15)20/h5-7,10,16H,2-4,8-9,11H2,1H3,(H2,15,20). The highest BCUT2D eigenvalue weighted by atomic mass is 32.2. The molecule has 1 rings (SSSR count). The molecule has 0 aromatic heterocycles. The van der Waals surface area contributed by atoms with E-state index in [4.69, 9.17) is 22.7 Å². The topological polar surface area (TPSA) is 81.4 Å². The maximum absolute atomic E-state index is 12.0. The monoisotopic (exact) mass is 330 g/mol. The highest BCUT2D eigenvalue weighted by Gasteiger charge is 2.11. The summed E-state index contributed by atoms with van der Waals surface area (Å²) in [5, 5.41) is 0. The number of thiocarbonyl (C=S) groups is 1. The zero-order valence-corrected chi connectivity index (χ0v) is 13.8. The first-order chi connectivity index (χ1) is 9.94. The van der Waals surface area contributed by atoms with Crippen LogP contribution in [-0.2, 0) is 20.5 Å². The van der Waals surface area contributed by atoms with Crippen LogP contribution in [0.25, 0.3) is 0 Å². The second kappa shape index (κ2) is 9.09. The molecule has 21 heavy (non-hydrogen) atoms. The minimum Gasteiger partial charge on any atom is -0.389 e. The zero-order chi connectivity index (χ0) is 15.7. The Hall–Kier alpha value is -1.02. The minimum absolute atomic E-state index is 0.0679. The molecule has 3 N–H and O–H groups in total. The number of hydrogen-bond acceptors (Lipinski definition) is 4. The molecule has 0 saturated carbocycles. The number of benzene rings is 1. The molecule has 0 amide bonds. The highest BCUT2D eigenvalue weighted by molar-refractivity contribution is 7.88. The number of sulfonamides is 1. The van der Waals surface area contributed by atoms with Gasteiger partial charge in [-0.25, -0.2) is 13.1 Å². The molecular weight excluding hydrogens is 308 g/mol. The first-order valence-electron chi connectivity index (χ1n) is 6.79. The average Bonchev–Trinajstić information content (AvgIpc) is 2.42. The van der Waals surface area contributed by atoms with E-state index in [2.05, 4.69) is 4.72 Å². The lowest BCUT2D eigenvalue weighted by atomic mass is 10.1. The van der Waals surface area contributed by atoms with Crippen LogP contribution in [0.2, 0.25) is 0 Å². The molecule has 0 heterocycles. The van der Waals surface area contributed by atoms with Gasteiger partial charge in [-0.1, -0.05) is 30.4 Å². The fourth-order valence-corrected chi connectivity index (χ4v) is 3.16. The van der Waals surface area contributed by atoms with E-state index in [9.17, 15) is 8.42 Å². The van der Waals surface area contributed by atoms with Crippen molar-refractivity contribution in [3.8, 4) is 0 Å². The van der Waals surface area contributed by atoms with Gasteiger partial charge in [0, 0.05) is 25.8 Å².